The first kappa shape index (κ1) is 31.0. The zero-order valence-electron chi connectivity index (χ0n) is 19.7. The van der Waals surface area contributed by atoms with E-state index in [2.05, 4.69) is 32.1 Å². The molecule has 0 saturated carbocycles. The molecule has 0 unspecified atom stereocenters. The minimum absolute atomic E-state index is 1.00. The smallest absolute Gasteiger partial charge is 0.0902 e. The third-order valence-electron chi connectivity index (χ3n) is 3.92. The van der Waals surface area contributed by atoms with Gasteiger partial charge in [-0.05, 0) is 25.0 Å². The van der Waals surface area contributed by atoms with E-state index in [9.17, 15) is 0 Å². The lowest BCUT2D eigenvalue weighted by Gasteiger charge is -1.93. The van der Waals surface area contributed by atoms with Crippen molar-refractivity contribution in [2.45, 2.75) is 125 Å². The first-order chi connectivity index (χ1) is 13.3. The lowest BCUT2D eigenvalue weighted by atomic mass is 10.1. The van der Waals surface area contributed by atoms with Gasteiger partial charge < -0.3 is 9.15 Å². The van der Waals surface area contributed by atoms with Gasteiger partial charge >= 0.3 is 0 Å². The first-order valence-electron chi connectivity index (χ1n) is 11.9. The molecular formula is C25H52O2. The fourth-order valence-corrected chi connectivity index (χ4v) is 2.27. The van der Waals surface area contributed by atoms with Crippen molar-refractivity contribution in [3.8, 4) is 0 Å². The Morgan fingerprint density at radius 2 is 0.889 bits per heavy atom. The van der Waals surface area contributed by atoms with E-state index in [-0.39, 0.29) is 0 Å². The Morgan fingerprint density at radius 1 is 0.556 bits per heavy atom. The molecule has 2 rings (SSSR count). The maximum absolute atomic E-state index is 4.94. The van der Waals surface area contributed by atoms with Gasteiger partial charge in [0.1, 0.15) is 0 Å². The lowest BCUT2D eigenvalue weighted by molar-refractivity contribution is 0.198. The number of hydrogen-bond acceptors (Lipinski definition) is 2. The van der Waals surface area contributed by atoms with Crippen molar-refractivity contribution in [1.82, 2.24) is 0 Å². The highest BCUT2D eigenvalue weighted by Gasteiger charge is 1.94. The van der Waals surface area contributed by atoms with Crippen LogP contribution in [0.3, 0.4) is 0 Å². The highest BCUT2D eigenvalue weighted by atomic mass is 16.5. The van der Waals surface area contributed by atoms with E-state index in [1.165, 1.54) is 83.5 Å². The molecule has 27 heavy (non-hydrogen) atoms. The van der Waals surface area contributed by atoms with Crippen LogP contribution in [-0.4, -0.2) is 13.2 Å². The number of unbranched alkanes of at least 4 members (excludes halogenated alkanes) is 9. The Hall–Kier alpha value is -0.760. The molecule has 1 aliphatic rings. The molecule has 1 fully saturated rings. The standard InChI is InChI=1S/C8H18.C7H16.C4H8O.C4H4O.C2H6/c1-3-5-7-8-6-4-2;1-3-5-7-6-4-2;2*1-2-4-5-3-1;1-2/h3-8H2,1-2H3;3-7H2,1-2H3;1-4H2;1-4H;1-2H3. The predicted octanol–water partition coefficient (Wildman–Crippen LogP) is 9.45. The van der Waals surface area contributed by atoms with E-state index in [1.54, 1.807) is 12.5 Å². The van der Waals surface area contributed by atoms with Gasteiger partial charge in [-0.15, -0.1) is 0 Å². The van der Waals surface area contributed by atoms with Crippen LogP contribution in [0.4, 0.5) is 0 Å². The van der Waals surface area contributed by atoms with Crippen LogP contribution in [-0.2, 0) is 4.74 Å². The molecule has 0 atom stereocenters. The summed E-state index contributed by atoms with van der Waals surface area (Å²) in [5, 5.41) is 0. The summed E-state index contributed by atoms with van der Waals surface area (Å²) in [4.78, 5) is 0. The van der Waals surface area contributed by atoms with Crippen LogP contribution >= 0.6 is 0 Å². The minimum atomic E-state index is 1.00. The van der Waals surface area contributed by atoms with Crippen molar-refractivity contribution in [3.63, 3.8) is 0 Å². The van der Waals surface area contributed by atoms with E-state index in [1.807, 2.05) is 26.0 Å². The van der Waals surface area contributed by atoms with E-state index in [0.29, 0.717) is 0 Å². The van der Waals surface area contributed by atoms with Gasteiger partial charge in [-0.25, -0.2) is 0 Å². The Balaban J connectivity index is -0.000000279. The van der Waals surface area contributed by atoms with E-state index < -0.39 is 0 Å². The van der Waals surface area contributed by atoms with Gasteiger partial charge in [0.05, 0.1) is 12.5 Å². The van der Waals surface area contributed by atoms with Crippen molar-refractivity contribution in [2.75, 3.05) is 13.2 Å². The van der Waals surface area contributed by atoms with Gasteiger partial charge in [0.25, 0.3) is 0 Å². The summed E-state index contributed by atoms with van der Waals surface area (Å²) < 4.78 is 9.53. The molecule has 0 radical (unpaired) electrons. The van der Waals surface area contributed by atoms with Crippen molar-refractivity contribution in [2.24, 2.45) is 0 Å². The average Bonchev–Trinajstić information content (AvgIpc) is 3.47. The monoisotopic (exact) mass is 384 g/mol. The Bertz CT molecular complexity index is 231. The minimum Gasteiger partial charge on any atom is -0.473 e. The van der Waals surface area contributed by atoms with Gasteiger partial charge in [0.15, 0.2) is 0 Å². The second-order valence-electron chi connectivity index (χ2n) is 6.59. The molecule has 0 N–H and O–H groups in total. The van der Waals surface area contributed by atoms with E-state index >= 15 is 0 Å². The molecule has 2 heteroatoms. The highest BCUT2D eigenvalue weighted by molar-refractivity contribution is 4.79. The normalized spacial score (nSPS) is 11.5. The van der Waals surface area contributed by atoms with Crippen LogP contribution in [0, 0.1) is 0 Å². The largest absolute Gasteiger partial charge is 0.473 e. The van der Waals surface area contributed by atoms with Gasteiger partial charge in [0.2, 0.25) is 0 Å². The summed E-state index contributed by atoms with van der Waals surface area (Å²) in [6.45, 7) is 15.0. The fourth-order valence-electron chi connectivity index (χ4n) is 2.27. The van der Waals surface area contributed by atoms with Crippen LogP contribution in [0.2, 0.25) is 0 Å². The van der Waals surface area contributed by atoms with Crippen LogP contribution in [0.1, 0.15) is 125 Å². The van der Waals surface area contributed by atoms with Crippen LogP contribution in [0.5, 0.6) is 0 Å². The molecule has 1 aromatic rings. The molecule has 2 heterocycles. The lowest BCUT2D eigenvalue weighted by Crippen LogP contribution is -1.74. The molecular weight excluding hydrogens is 332 g/mol. The molecule has 0 amide bonds. The molecule has 2 nitrogen and oxygen atoms in total. The Labute approximate surface area is 172 Å². The second-order valence-corrected chi connectivity index (χ2v) is 6.59. The maximum atomic E-state index is 4.94. The predicted molar refractivity (Wildman–Crippen MR) is 124 cm³/mol. The molecule has 1 saturated heterocycles. The van der Waals surface area contributed by atoms with Crippen molar-refractivity contribution in [3.05, 3.63) is 24.7 Å². The summed E-state index contributed by atoms with van der Waals surface area (Å²) in [6, 6.07) is 3.67. The molecule has 164 valence electrons. The number of hydrogen-bond donors (Lipinski definition) is 0. The summed E-state index contributed by atoms with van der Waals surface area (Å²) in [5.41, 5.74) is 0. The fraction of sp³-hybridized carbons (Fsp3) is 0.840. The van der Waals surface area contributed by atoms with Gasteiger partial charge in [-0.2, -0.15) is 0 Å². The number of rotatable bonds is 9. The molecule has 0 aliphatic carbocycles. The van der Waals surface area contributed by atoms with Crippen LogP contribution < -0.4 is 0 Å². The third-order valence-corrected chi connectivity index (χ3v) is 3.92. The quantitative estimate of drug-likeness (QED) is 0.395. The zero-order chi connectivity index (χ0) is 20.8. The summed E-state index contributed by atoms with van der Waals surface area (Å²) in [6.07, 6.45) is 21.3. The SMILES string of the molecule is C1CCOC1.CC.CCCCCCC.CCCCCCCC.c1ccoc1. The van der Waals surface area contributed by atoms with Gasteiger partial charge in [0, 0.05) is 13.2 Å². The second kappa shape index (κ2) is 36.2. The van der Waals surface area contributed by atoms with Gasteiger partial charge in [-0.3, -0.25) is 0 Å². The van der Waals surface area contributed by atoms with Gasteiger partial charge in [-0.1, -0.05) is 112 Å². The van der Waals surface area contributed by atoms with E-state index in [4.69, 9.17) is 4.74 Å². The topological polar surface area (TPSA) is 22.4 Å². The van der Waals surface area contributed by atoms with Crippen LogP contribution in [0.15, 0.2) is 29.1 Å². The van der Waals surface area contributed by atoms with Crippen molar-refractivity contribution < 1.29 is 9.15 Å². The van der Waals surface area contributed by atoms with Crippen molar-refractivity contribution in [1.29, 1.82) is 0 Å². The highest BCUT2D eigenvalue weighted by Crippen LogP contribution is 2.03. The Morgan fingerprint density at radius 3 is 1.07 bits per heavy atom. The number of furan rings is 1. The molecule has 1 aromatic heterocycles. The zero-order valence-corrected chi connectivity index (χ0v) is 19.7. The third kappa shape index (κ3) is 41.0. The van der Waals surface area contributed by atoms with E-state index in [0.717, 1.165) is 13.2 Å². The molecule has 0 aromatic carbocycles. The molecule has 1 aliphatic heterocycles. The Kier molecular flexibility index (Phi) is 41.5. The summed E-state index contributed by atoms with van der Waals surface area (Å²) in [5.74, 6) is 0. The molecule has 0 bridgehead atoms. The molecule has 0 spiro atoms. The van der Waals surface area contributed by atoms with Crippen molar-refractivity contribution >= 4 is 0 Å². The van der Waals surface area contributed by atoms with Crippen LogP contribution in [0.25, 0.3) is 0 Å². The summed E-state index contributed by atoms with van der Waals surface area (Å²) in [7, 11) is 0. The summed E-state index contributed by atoms with van der Waals surface area (Å²) >= 11 is 0. The first-order valence-corrected chi connectivity index (χ1v) is 11.9. The number of ether oxygens (including phenoxy) is 1. The maximum Gasteiger partial charge on any atom is 0.0902 e. The average molecular weight is 385 g/mol.